The molecule has 1 aromatic rings. The van der Waals surface area contributed by atoms with E-state index in [0.29, 0.717) is 45.7 Å². The van der Waals surface area contributed by atoms with Crippen molar-refractivity contribution < 1.29 is 14.4 Å². The van der Waals surface area contributed by atoms with Gasteiger partial charge in [-0.15, -0.1) is 11.3 Å². The van der Waals surface area contributed by atoms with E-state index in [0.717, 1.165) is 23.5 Å². The van der Waals surface area contributed by atoms with Gasteiger partial charge in [0.25, 0.3) is 0 Å². The number of rotatable bonds is 2. The predicted octanol–water partition coefficient (Wildman–Crippen LogP) is 0.287. The highest BCUT2D eigenvalue weighted by atomic mass is 32.1. The van der Waals surface area contributed by atoms with Crippen molar-refractivity contribution in [3.63, 3.8) is 0 Å². The molecule has 24 heavy (non-hydrogen) atoms. The number of amides is 3. The number of nitrogens with zero attached hydrogens (tertiary/aromatic N) is 4. The molecule has 0 unspecified atom stereocenters. The Hall–Kier alpha value is -1.96. The molecule has 2 aliphatic rings. The lowest BCUT2D eigenvalue weighted by molar-refractivity contribution is -0.153. The van der Waals surface area contributed by atoms with Gasteiger partial charge in [0.2, 0.25) is 5.91 Å². The fraction of sp³-hybridized carbons (Fsp3) is 0.625. The third kappa shape index (κ3) is 3.75. The molecule has 0 radical (unpaired) electrons. The fourth-order valence-corrected chi connectivity index (χ4v) is 3.72. The number of piperazine rings is 1. The molecular weight excluding hydrogens is 328 g/mol. The van der Waals surface area contributed by atoms with Crippen LogP contribution in [0.15, 0.2) is 5.38 Å². The summed E-state index contributed by atoms with van der Waals surface area (Å²) in [7, 11) is 0. The molecule has 8 heteroatoms. The Labute approximate surface area is 145 Å². The van der Waals surface area contributed by atoms with Crippen molar-refractivity contribution in [1.29, 1.82) is 0 Å². The van der Waals surface area contributed by atoms with Crippen molar-refractivity contribution in [3.8, 4) is 0 Å². The van der Waals surface area contributed by atoms with Gasteiger partial charge in [0, 0.05) is 44.6 Å². The van der Waals surface area contributed by atoms with Gasteiger partial charge >= 0.3 is 11.8 Å². The Morgan fingerprint density at radius 3 is 2.04 bits per heavy atom. The minimum absolute atomic E-state index is 0.0262. The van der Waals surface area contributed by atoms with Gasteiger partial charge in [0.05, 0.1) is 17.1 Å². The van der Waals surface area contributed by atoms with Crippen LogP contribution >= 0.6 is 11.3 Å². The predicted molar refractivity (Wildman–Crippen MR) is 89.5 cm³/mol. The smallest absolute Gasteiger partial charge is 0.312 e. The van der Waals surface area contributed by atoms with E-state index in [2.05, 4.69) is 4.98 Å². The molecule has 7 nitrogen and oxygen atoms in total. The van der Waals surface area contributed by atoms with Crippen LogP contribution in [0.5, 0.6) is 0 Å². The molecule has 2 saturated heterocycles. The molecule has 130 valence electrons. The van der Waals surface area contributed by atoms with Gasteiger partial charge in [-0.25, -0.2) is 4.98 Å². The molecular formula is C16H22N4O3S. The van der Waals surface area contributed by atoms with Crippen LogP contribution in [-0.2, 0) is 20.8 Å². The topological polar surface area (TPSA) is 73.8 Å². The van der Waals surface area contributed by atoms with Gasteiger partial charge in [0.1, 0.15) is 0 Å². The third-order valence-electron chi connectivity index (χ3n) is 4.49. The summed E-state index contributed by atoms with van der Waals surface area (Å²) in [6, 6.07) is 0. The van der Waals surface area contributed by atoms with E-state index < -0.39 is 11.8 Å². The summed E-state index contributed by atoms with van der Waals surface area (Å²) in [6.07, 6.45) is 2.24. The minimum atomic E-state index is -0.431. The Morgan fingerprint density at radius 2 is 1.50 bits per heavy atom. The maximum absolute atomic E-state index is 12.3. The Balaban J connectivity index is 1.49. The molecule has 2 aliphatic heterocycles. The number of hydrogen-bond donors (Lipinski definition) is 0. The van der Waals surface area contributed by atoms with Crippen LogP contribution in [0.3, 0.4) is 0 Å². The Kier molecular flexibility index (Phi) is 5.13. The van der Waals surface area contributed by atoms with Crippen molar-refractivity contribution in [2.24, 2.45) is 0 Å². The molecule has 1 aromatic heterocycles. The van der Waals surface area contributed by atoms with Gasteiger partial charge in [0.15, 0.2) is 0 Å². The summed E-state index contributed by atoms with van der Waals surface area (Å²) in [6.45, 7) is 5.05. The molecule has 0 spiro atoms. The quantitative estimate of drug-likeness (QED) is 0.719. The Bertz CT molecular complexity index is 631. The average Bonchev–Trinajstić information content (AvgIpc) is 3.25. The van der Waals surface area contributed by atoms with Gasteiger partial charge in [-0.2, -0.15) is 0 Å². The maximum atomic E-state index is 12.3. The first-order valence-electron chi connectivity index (χ1n) is 8.31. The van der Waals surface area contributed by atoms with Gasteiger partial charge in [-0.3, -0.25) is 14.4 Å². The zero-order chi connectivity index (χ0) is 17.1. The molecule has 3 rings (SSSR count). The monoisotopic (exact) mass is 350 g/mol. The molecule has 0 aliphatic carbocycles. The van der Waals surface area contributed by atoms with Crippen molar-refractivity contribution >= 4 is 29.1 Å². The number of carbonyl (C=O) groups excluding carboxylic acids is 3. The second kappa shape index (κ2) is 7.29. The van der Waals surface area contributed by atoms with E-state index in [4.69, 9.17) is 0 Å². The van der Waals surface area contributed by atoms with E-state index >= 15 is 0 Å². The van der Waals surface area contributed by atoms with E-state index in [1.54, 1.807) is 14.7 Å². The third-order valence-corrected chi connectivity index (χ3v) is 5.32. The van der Waals surface area contributed by atoms with Crippen LogP contribution in [0.25, 0.3) is 0 Å². The van der Waals surface area contributed by atoms with Gasteiger partial charge in [-0.05, 0) is 19.8 Å². The first kappa shape index (κ1) is 16.9. The molecule has 0 N–H and O–H groups in total. The number of hydrogen-bond acceptors (Lipinski definition) is 5. The Morgan fingerprint density at radius 1 is 0.958 bits per heavy atom. The largest absolute Gasteiger partial charge is 0.339 e. The van der Waals surface area contributed by atoms with E-state index in [1.165, 1.54) is 11.3 Å². The second-order valence-electron chi connectivity index (χ2n) is 6.21. The maximum Gasteiger partial charge on any atom is 0.312 e. The van der Waals surface area contributed by atoms with Crippen molar-refractivity contribution in [1.82, 2.24) is 19.7 Å². The highest BCUT2D eigenvalue weighted by Crippen LogP contribution is 2.12. The lowest BCUT2D eigenvalue weighted by atomic mass is 10.2. The van der Waals surface area contributed by atoms with Crippen LogP contribution in [0.2, 0.25) is 0 Å². The van der Waals surface area contributed by atoms with Crippen LogP contribution in [-0.4, -0.2) is 76.7 Å². The summed E-state index contributed by atoms with van der Waals surface area (Å²) in [5, 5.41) is 2.86. The summed E-state index contributed by atoms with van der Waals surface area (Å²) >= 11 is 1.54. The average molecular weight is 350 g/mol. The molecule has 0 saturated carbocycles. The zero-order valence-electron chi connectivity index (χ0n) is 13.9. The van der Waals surface area contributed by atoms with Crippen LogP contribution in [0.1, 0.15) is 23.5 Å². The SMILES string of the molecule is Cc1nc(CC(=O)N2CCN(C(=O)C(=O)N3CCCC3)CC2)cs1. The van der Waals surface area contributed by atoms with E-state index in [-0.39, 0.29) is 5.91 Å². The number of thiazole rings is 1. The number of carbonyl (C=O) groups is 3. The number of aromatic nitrogens is 1. The van der Waals surface area contributed by atoms with Crippen LogP contribution in [0, 0.1) is 6.92 Å². The second-order valence-corrected chi connectivity index (χ2v) is 7.27. The van der Waals surface area contributed by atoms with Gasteiger partial charge < -0.3 is 14.7 Å². The normalized spacial score (nSPS) is 18.1. The molecule has 3 amide bonds. The number of likely N-dealkylation sites (tertiary alicyclic amines) is 1. The zero-order valence-corrected chi connectivity index (χ0v) is 14.7. The van der Waals surface area contributed by atoms with Crippen molar-refractivity contribution in [2.45, 2.75) is 26.2 Å². The van der Waals surface area contributed by atoms with E-state index in [1.807, 2.05) is 12.3 Å². The molecule has 2 fully saturated rings. The highest BCUT2D eigenvalue weighted by molar-refractivity contribution is 7.09. The summed E-state index contributed by atoms with van der Waals surface area (Å²) < 4.78 is 0. The van der Waals surface area contributed by atoms with Crippen LogP contribution in [0.4, 0.5) is 0 Å². The standard InChI is InChI=1S/C16H22N4O3S/c1-12-17-13(11-24-12)10-14(21)18-6-8-20(9-7-18)16(23)15(22)19-4-2-3-5-19/h11H,2-10H2,1H3. The molecule has 0 aromatic carbocycles. The summed E-state index contributed by atoms with van der Waals surface area (Å²) in [5.74, 6) is -0.803. The lowest BCUT2D eigenvalue weighted by Gasteiger charge is -2.35. The number of aryl methyl sites for hydroxylation is 1. The van der Waals surface area contributed by atoms with Gasteiger partial charge in [-0.1, -0.05) is 0 Å². The first-order chi connectivity index (χ1) is 11.5. The molecule has 3 heterocycles. The van der Waals surface area contributed by atoms with Crippen LogP contribution < -0.4 is 0 Å². The molecule has 0 atom stereocenters. The summed E-state index contributed by atoms with van der Waals surface area (Å²) in [4.78, 5) is 46.0. The highest BCUT2D eigenvalue weighted by Gasteiger charge is 2.31. The van der Waals surface area contributed by atoms with E-state index in [9.17, 15) is 14.4 Å². The fourth-order valence-electron chi connectivity index (χ4n) is 3.11. The lowest BCUT2D eigenvalue weighted by Crippen LogP contribution is -2.54. The first-order valence-corrected chi connectivity index (χ1v) is 9.19. The van der Waals surface area contributed by atoms with Crippen molar-refractivity contribution in [3.05, 3.63) is 16.1 Å². The van der Waals surface area contributed by atoms with Crippen molar-refractivity contribution in [2.75, 3.05) is 39.3 Å². The molecule has 0 bridgehead atoms. The summed E-state index contributed by atoms with van der Waals surface area (Å²) in [5.41, 5.74) is 0.796. The minimum Gasteiger partial charge on any atom is -0.339 e.